The van der Waals surface area contributed by atoms with Crippen molar-refractivity contribution in [3.05, 3.63) is 11.8 Å². The summed E-state index contributed by atoms with van der Waals surface area (Å²) in [5.41, 5.74) is 2.22. The summed E-state index contributed by atoms with van der Waals surface area (Å²) in [5, 5.41) is 0. The summed E-state index contributed by atoms with van der Waals surface area (Å²) in [6.45, 7) is 3.99. The monoisotopic (exact) mass is 179 g/mol. The maximum absolute atomic E-state index is 4.11. The largest absolute Gasteiger partial charge is 1.00 e. The third kappa shape index (κ3) is 2.67. The topological polar surface area (TPSA) is 12.4 Å². The summed E-state index contributed by atoms with van der Waals surface area (Å²) in [4.78, 5) is 4.11. The zero-order valence-corrected chi connectivity index (χ0v) is 10.6. The average molecular weight is 180 g/mol. The number of hydrogen-bond acceptors (Lipinski definition) is 1. The summed E-state index contributed by atoms with van der Waals surface area (Å²) < 4.78 is 0. The van der Waals surface area contributed by atoms with Crippen LogP contribution in [0, 0.1) is 6.08 Å². The van der Waals surface area contributed by atoms with E-state index in [0.29, 0.717) is 0 Å². The van der Waals surface area contributed by atoms with Gasteiger partial charge in [0.25, 0.3) is 0 Å². The molecule has 2 heteroatoms. The van der Waals surface area contributed by atoms with Crippen molar-refractivity contribution >= 4 is 5.71 Å². The molecule has 0 saturated heterocycles. The third-order valence-corrected chi connectivity index (χ3v) is 0.959. The first-order valence-electron chi connectivity index (χ1n) is 2.40. The Morgan fingerprint density at radius 1 is 1.50 bits per heavy atom. The Morgan fingerprint density at radius 3 is 2.25 bits per heavy atom. The van der Waals surface area contributed by atoms with Crippen molar-refractivity contribution in [3.63, 3.8) is 0 Å². The average Bonchev–Trinajstić information content (AvgIpc) is 1.87. The van der Waals surface area contributed by atoms with Gasteiger partial charge >= 0.3 is 58.2 Å². The Morgan fingerprint density at radius 2 is 2.12 bits per heavy atom. The van der Waals surface area contributed by atoms with E-state index in [9.17, 15) is 0 Å². The van der Waals surface area contributed by atoms with Gasteiger partial charge in [-0.05, 0) is 12.6 Å². The standard InChI is InChI=1S/C6H8N.Rb/c1-5-3-4-6(2)7-5;/h3H2,1-2H3;/q-1;+1. The van der Waals surface area contributed by atoms with Crippen LogP contribution in [-0.4, -0.2) is 5.71 Å². The smallest absolute Gasteiger partial charge is 0.468 e. The second kappa shape index (κ2) is 4.10. The first kappa shape index (κ1) is 9.22. The van der Waals surface area contributed by atoms with E-state index in [0.717, 1.165) is 12.1 Å². The van der Waals surface area contributed by atoms with E-state index in [1.54, 1.807) is 0 Å². The molecule has 0 bridgehead atoms. The zero-order chi connectivity index (χ0) is 5.28. The minimum atomic E-state index is 0. The second-order valence-electron chi connectivity index (χ2n) is 1.79. The van der Waals surface area contributed by atoms with E-state index < -0.39 is 0 Å². The van der Waals surface area contributed by atoms with Crippen molar-refractivity contribution < 1.29 is 58.2 Å². The van der Waals surface area contributed by atoms with Gasteiger partial charge in [0.15, 0.2) is 0 Å². The summed E-state index contributed by atoms with van der Waals surface area (Å²) in [5.74, 6) is 0. The predicted octanol–water partition coefficient (Wildman–Crippen LogP) is -1.44. The summed E-state index contributed by atoms with van der Waals surface area (Å²) >= 11 is 0. The molecule has 0 N–H and O–H groups in total. The van der Waals surface area contributed by atoms with Gasteiger partial charge in [-0.1, -0.05) is 6.92 Å². The van der Waals surface area contributed by atoms with Gasteiger partial charge in [0.1, 0.15) is 0 Å². The number of hydrogen-bond donors (Lipinski definition) is 0. The van der Waals surface area contributed by atoms with Crippen molar-refractivity contribution in [2.75, 3.05) is 0 Å². The summed E-state index contributed by atoms with van der Waals surface area (Å²) in [6, 6.07) is 0. The Balaban J connectivity index is 0.000000490. The Labute approximate surface area is 99.1 Å². The molecule has 0 aromatic rings. The normalized spacial score (nSPS) is 16.8. The van der Waals surface area contributed by atoms with Crippen LogP contribution >= 0.6 is 0 Å². The fourth-order valence-electron chi connectivity index (χ4n) is 0.621. The Kier molecular flexibility index (Phi) is 4.72. The molecule has 1 heterocycles. The first-order chi connectivity index (χ1) is 3.29. The third-order valence-electron chi connectivity index (χ3n) is 0.959. The Bertz CT molecular complexity index is 135. The van der Waals surface area contributed by atoms with Gasteiger partial charge in [-0.25, -0.2) is 0 Å². The molecule has 0 radical (unpaired) electrons. The van der Waals surface area contributed by atoms with Crippen LogP contribution in [-0.2, 0) is 0 Å². The zero-order valence-electron chi connectivity index (χ0n) is 5.65. The minimum Gasteiger partial charge on any atom is -0.468 e. The minimum absolute atomic E-state index is 0. The van der Waals surface area contributed by atoms with Gasteiger partial charge in [0.05, 0.1) is 0 Å². The molecule has 0 saturated carbocycles. The predicted molar refractivity (Wildman–Crippen MR) is 30.2 cm³/mol. The molecule has 1 aliphatic rings. The van der Waals surface area contributed by atoms with Crippen molar-refractivity contribution in [1.29, 1.82) is 0 Å². The van der Waals surface area contributed by atoms with Crippen LogP contribution in [0.3, 0.4) is 0 Å². The van der Waals surface area contributed by atoms with Crippen LogP contribution in [0.4, 0.5) is 0 Å². The molecule has 0 unspecified atom stereocenters. The van der Waals surface area contributed by atoms with Crippen molar-refractivity contribution in [1.82, 2.24) is 0 Å². The summed E-state index contributed by atoms with van der Waals surface area (Å²) in [7, 11) is 0. The van der Waals surface area contributed by atoms with Gasteiger partial charge in [-0.2, -0.15) is 0 Å². The molecule has 0 fully saturated rings. The molecule has 1 nitrogen and oxygen atoms in total. The van der Waals surface area contributed by atoms with Crippen LogP contribution in [0.2, 0.25) is 0 Å². The number of aliphatic imine (C=N–C) groups is 1. The Hall–Kier alpha value is 1.22. The molecule has 0 amide bonds. The van der Waals surface area contributed by atoms with E-state index in [2.05, 4.69) is 11.1 Å². The molecule has 1 rings (SSSR count). The molecular formula is C6H8NRb. The van der Waals surface area contributed by atoms with Crippen LogP contribution in [0.25, 0.3) is 0 Å². The quantitative estimate of drug-likeness (QED) is 0.404. The van der Waals surface area contributed by atoms with Crippen LogP contribution in [0.5, 0.6) is 0 Å². The van der Waals surface area contributed by atoms with Gasteiger partial charge in [-0.15, -0.1) is 12.1 Å². The second-order valence-corrected chi connectivity index (χ2v) is 1.79. The molecule has 0 aliphatic carbocycles. The maximum Gasteiger partial charge on any atom is 1.00 e. The van der Waals surface area contributed by atoms with Crippen LogP contribution < -0.4 is 58.2 Å². The van der Waals surface area contributed by atoms with E-state index in [1.165, 1.54) is 5.71 Å². The number of nitrogens with zero attached hydrogens (tertiary/aromatic N) is 1. The molecule has 38 valence electrons. The van der Waals surface area contributed by atoms with Crippen LogP contribution in [0.1, 0.15) is 20.3 Å². The number of rotatable bonds is 0. The van der Waals surface area contributed by atoms with E-state index in [1.807, 2.05) is 13.8 Å². The van der Waals surface area contributed by atoms with Gasteiger partial charge in [0.2, 0.25) is 0 Å². The molecule has 8 heavy (non-hydrogen) atoms. The van der Waals surface area contributed by atoms with Crippen molar-refractivity contribution in [3.8, 4) is 0 Å². The van der Waals surface area contributed by atoms with Gasteiger partial charge < -0.3 is 11.1 Å². The summed E-state index contributed by atoms with van der Waals surface area (Å²) in [6.07, 6.45) is 4.02. The van der Waals surface area contributed by atoms with E-state index >= 15 is 0 Å². The molecular weight excluding hydrogens is 172 g/mol. The fourth-order valence-corrected chi connectivity index (χ4v) is 0.621. The molecule has 0 atom stereocenters. The SMILES string of the molecule is CC1=[C-]CC(C)=N1.[Rb+]. The van der Waals surface area contributed by atoms with E-state index in [-0.39, 0.29) is 58.2 Å². The van der Waals surface area contributed by atoms with E-state index in [4.69, 9.17) is 0 Å². The first-order valence-corrected chi connectivity index (χ1v) is 2.40. The molecule has 0 spiro atoms. The maximum atomic E-state index is 4.11. The van der Waals surface area contributed by atoms with Gasteiger partial charge in [-0.3, -0.25) is 0 Å². The molecule has 0 aromatic heterocycles. The van der Waals surface area contributed by atoms with Crippen LogP contribution in [0.15, 0.2) is 10.7 Å². The fraction of sp³-hybridized carbons (Fsp3) is 0.500. The van der Waals surface area contributed by atoms with Crippen molar-refractivity contribution in [2.24, 2.45) is 4.99 Å². The number of allylic oxidation sites excluding steroid dienone is 2. The van der Waals surface area contributed by atoms with Crippen molar-refractivity contribution in [2.45, 2.75) is 20.3 Å². The molecule has 1 aliphatic heterocycles. The molecule has 0 aromatic carbocycles. The van der Waals surface area contributed by atoms with Gasteiger partial charge in [0, 0.05) is 0 Å².